The lowest BCUT2D eigenvalue weighted by Crippen LogP contribution is -2.46. The van der Waals surface area contributed by atoms with Gasteiger partial charge in [0.25, 0.3) is 0 Å². The molecule has 0 amide bonds. The molecule has 92 valence electrons. The topological polar surface area (TPSA) is 29.3 Å². The summed E-state index contributed by atoms with van der Waals surface area (Å²) in [7, 11) is 0. The molecule has 2 nitrogen and oxygen atoms in total. The first kappa shape index (κ1) is 11.2. The Morgan fingerprint density at radius 2 is 2.06 bits per heavy atom. The first-order valence-electron chi connectivity index (χ1n) is 6.90. The second-order valence-corrected chi connectivity index (χ2v) is 5.47. The van der Waals surface area contributed by atoms with Crippen LogP contribution in [0.25, 0.3) is 0 Å². The molecule has 3 rings (SSSR count). The van der Waals surface area contributed by atoms with E-state index >= 15 is 0 Å². The van der Waals surface area contributed by atoms with E-state index in [1.165, 1.54) is 32.2 Å². The van der Waals surface area contributed by atoms with Crippen LogP contribution in [0.4, 0.5) is 0 Å². The molecule has 1 aromatic carbocycles. The van der Waals surface area contributed by atoms with Crippen LogP contribution in [0, 0.1) is 0 Å². The summed E-state index contributed by atoms with van der Waals surface area (Å²) in [4.78, 5) is 2.63. The maximum absolute atomic E-state index is 5.73. The van der Waals surface area contributed by atoms with Gasteiger partial charge in [0.1, 0.15) is 0 Å². The van der Waals surface area contributed by atoms with E-state index in [0.717, 1.165) is 25.0 Å². The maximum atomic E-state index is 5.73. The number of rotatable bonds is 5. The fraction of sp³-hybridized carbons (Fsp3) is 0.600. The van der Waals surface area contributed by atoms with Crippen molar-refractivity contribution in [1.29, 1.82) is 0 Å². The van der Waals surface area contributed by atoms with E-state index in [0.29, 0.717) is 0 Å². The highest BCUT2D eigenvalue weighted by Gasteiger charge is 2.31. The normalized spacial score (nSPS) is 23.1. The average Bonchev–Trinajstić information content (AvgIpc) is 2.23. The smallest absolute Gasteiger partial charge is 0.0108 e. The average molecular weight is 230 g/mol. The van der Waals surface area contributed by atoms with Crippen molar-refractivity contribution in [2.24, 2.45) is 5.73 Å². The van der Waals surface area contributed by atoms with Crippen LogP contribution < -0.4 is 5.73 Å². The van der Waals surface area contributed by atoms with E-state index in [4.69, 9.17) is 5.73 Å². The van der Waals surface area contributed by atoms with Crippen LogP contribution in [0.2, 0.25) is 0 Å². The van der Waals surface area contributed by atoms with E-state index in [-0.39, 0.29) is 0 Å². The Kier molecular flexibility index (Phi) is 3.17. The minimum atomic E-state index is 0.762. The SMILES string of the molecule is NCCN(CC1Cc2ccccc21)C1CCC1. The summed E-state index contributed by atoms with van der Waals surface area (Å²) in [5.74, 6) is 0.762. The fourth-order valence-corrected chi connectivity index (χ4v) is 3.15. The Hall–Kier alpha value is -0.860. The van der Waals surface area contributed by atoms with E-state index in [1.54, 1.807) is 11.1 Å². The van der Waals surface area contributed by atoms with Gasteiger partial charge < -0.3 is 5.73 Å². The van der Waals surface area contributed by atoms with Gasteiger partial charge in [0.05, 0.1) is 0 Å². The molecule has 0 radical (unpaired) electrons. The van der Waals surface area contributed by atoms with Crippen molar-refractivity contribution in [3.8, 4) is 0 Å². The van der Waals surface area contributed by atoms with E-state index in [1.807, 2.05) is 0 Å². The van der Waals surface area contributed by atoms with Crippen molar-refractivity contribution >= 4 is 0 Å². The summed E-state index contributed by atoms with van der Waals surface area (Å²) in [6.07, 6.45) is 5.44. The predicted molar refractivity (Wildman–Crippen MR) is 71.2 cm³/mol. The Labute approximate surface area is 104 Å². The van der Waals surface area contributed by atoms with Crippen LogP contribution in [0.5, 0.6) is 0 Å². The lowest BCUT2D eigenvalue weighted by molar-refractivity contribution is 0.119. The zero-order valence-electron chi connectivity index (χ0n) is 10.4. The van der Waals surface area contributed by atoms with Gasteiger partial charge in [-0.15, -0.1) is 0 Å². The van der Waals surface area contributed by atoms with E-state index in [2.05, 4.69) is 29.2 Å². The molecule has 0 heterocycles. The zero-order chi connectivity index (χ0) is 11.7. The third-order valence-electron chi connectivity index (χ3n) is 4.42. The third kappa shape index (κ3) is 2.12. The van der Waals surface area contributed by atoms with Gasteiger partial charge in [-0.25, -0.2) is 0 Å². The molecule has 2 aliphatic carbocycles. The largest absolute Gasteiger partial charge is 0.329 e. The number of benzene rings is 1. The summed E-state index contributed by atoms with van der Waals surface area (Å²) in [5, 5.41) is 0. The van der Waals surface area contributed by atoms with Crippen LogP contribution in [0.15, 0.2) is 24.3 Å². The number of nitrogens with two attached hydrogens (primary N) is 1. The molecular weight excluding hydrogens is 208 g/mol. The second kappa shape index (κ2) is 4.79. The minimum absolute atomic E-state index is 0.762. The Bertz CT molecular complexity index is 384. The minimum Gasteiger partial charge on any atom is -0.329 e. The number of fused-ring (bicyclic) bond motifs is 1. The summed E-state index contributed by atoms with van der Waals surface area (Å²) in [6.45, 7) is 3.09. The van der Waals surface area contributed by atoms with Crippen molar-refractivity contribution in [2.45, 2.75) is 37.6 Å². The molecule has 1 fully saturated rings. The first-order valence-corrected chi connectivity index (χ1v) is 6.90. The Balaban J connectivity index is 1.62. The Morgan fingerprint density at radius 3 is 2.71 bits per heavy atom. The fourth-order valence-electron chi connectivity index (χ4n) is 3.15. The molecule has 2 heteroatoms. The van der Waals surface area contributed by atoms with Gasteiger partial charge in [-0.1, -0.05) is 30.7 Å². The van der Waals surface area contributed by atoms with Crippen molar-refractivity contribution < 1.29 is 0 Å². The molecular formula is C15H22N2. The van der Waals surface area contributed by atoms with Crippen molar-refractivity contribution in [2.75, 3.05) is 19.6 Å². The zero-order valence-corrected chi connectivity index (χ0v) is 10.4. The van der Waals surface area contributed by atoms with Gasteiger partial charge in [-0.3, -0.25) is 4.90 Å². The van der Waals surface area contributed by atoms with E-state index in [9.17, 15) is 0 Å². The number of hydrogen-bond donors (Lipinski definition) is 1. The highest BCUT2D eigenvalue weighted by atomic mass is 15.2. The van der Waals surface area contributed by atoms with Crippen molar-refractivity contribution in [1.82, 2.24) is 4.90 Å². The summed E-state index contributed by atoms with van der Waals surface area (Å²) in [6, 6.07) is 9.71. The molecule has 0 bridgehead atoms. The number of hydrogen-bond acceptors (Lipinski definition) is 2. The first-order chi connectivity index (χ1) is 8.38. The molecule has 0 saturated heterocycles. The standard InChI is InChI=1S/C15H22N2/c16-8-9-17(14-5-3-6-14)11-13-10-12-4-1-2-7-15(12)13/h1-2,4,7,13-14H,3,5-6,8-11,16H2. The van der Waals surface area contributed by atoms with Crippen LogP contribution >= 0.6 is 0 Å². The van der Waals surface area contributed by atoms with Gasteiger partial charge in [0, 0.05) is 31.6 Å². The predicted octanol–water partition coefficient (Wildman–Crippen LogP) is 2.14. The van der Waals surface area contributed by atoms with Gasteiger partial charge in [0.2, 0.25) is 0 Å². The molecule has 2 aliphatic rings. The highest BCUT2D eigenvalue weighted by molar-refractivity contribution is 5.40. The Morgan fingerprint density at radius 1 is 1.24 bits per heavy atom. The molecule has 1 saturated carbocycles. The van der Waals surface area contributed by atoms with Crippen LogP contribution in [-0.4, -0.2) is 30.6 Å². The maximum Gasteiger partial charge on any atom is 0.0108 e. The van der Waals surface area contributed by atoms with Gasteiger partial charge in [-0.05, 0) is 30.4 Å². The van der Waals surface area contributed by atoms with Gasteiger partial charge in [0.15, 0.2) is 0 Å². The molecule has 0 aromatic heterocycles. The summed E-state index contributed by atoms with van der Waals surface area (Å²) < 4.78 is 0. The molecule has 1 aromatic rings. The lowest BCUT2D eigenvalue weighted by Gasteiger charge is -2.42. The number of nitrogens with zero attached hydrogens (tertiary/aromatic N) is 1. The van der Waals surface area contributed by atoms with Crippen LogP contribution in [0.1, 0.15) is 36.3 Å². The molecule has 0 aliphatic heterocycles. The molecule has 1 atom stereocenters. The quantitative estimate of drug-likeness (QED) is 0.839. The van der Waals surface area contributed by atoms with Crippen LogP contribution in [0.3, 0.4) is 0 Å². The summed E-state index contributed by atoms with van der Waals surface area (Å²) in [5.41, 5.74) is 8.87. The van der Waals surface area contributed by atoms with Crippen molar-refractivity contribution in [3.63, 3.8) is 0 Å². The molecule has 2 N–H and O–H groups in total. The summed E-state index contributed by atoms with van der Waals surface area (Å²) >= 11 is 0. The van der Waals surface area contributed by atoms with E-state index < -0.39 is 0 Å². The molecule has 1 unspecified atom stereocenters. The van der Waals surface area contributed by atoms with Gasteiger partial charge in [-0.2, -0.15) is 0 Å². The monoisotopic (exact) mass is 230 g/mol. The third-order valence-corrected chi connectivity index (χ3v) is 4.42. The van der Waals surface area contributed by atoms with Crippen LogP contribution in [-0.2, 0) is 6.42 Å². The highest BCUT2D eigenvalue weighted by Crippen LogP contribution is 2.37. The molecule has 0 spiro atoms. The van der Waals surface area contributed by atoms with Gasteiger partial charge >= 0.3 is 0 Å². The van der Waals surface area contributed by atoms with Crippen molar-refractivity contribution in [3.05, 3.63) is 35.4 Å². The molecule has 17 heavy (non-hydrogen) atoms. The lowest BCUT2D eigenvalue weighted by atomic mass is 9.76. The second-order valence-electron chi connectivity index (χ2n) is 5.47.